The molecule has 0 aromatic heterocycles. The highest BCUT2D eigenvalue weighted by Gasteiger charge is 2.70. The standard InChI is InChI=1S/C36H31ClFN3O7/c1-18-3-2-4-25(31(18)44)30-23-13-14-24-29(34(47)40(32(24)45)16-15-28(42)43)26(23)17-27-33(46)41(39-22-11-9-21(38)10-12-22)35(48)36(27,30)19-5-7-20(37)8-6-19/h2-13,24,26-27,29-30,39,44H,14-17H2,1H3,(H,42,43)/t24-,26+,27-,29-,30+,36+/m0/s1. The number of hydrogen-bond donors (Lipinski definition) is 3. The van der Waals surface area contributed by atoms with Crippen molar-refractivity contribution >= 4 is 46.9 Å². The van der Waals surface area contributed by atoms with Crippen molar-refractivity contribution in [3.63, 3.8) is 0 Å². The van der Waals surface area contributed by atoms with E-state index in [4.69, 9.17) is 11.6 Å². The van der Waals surface area contributed by atoms with E-state index in [2.05, 4.69) is 5.43 Å². The molecule has 4 amide bonds. The topological polar surface area (TPSA) is 144 Å². The maximum atomic E-state index is 15.1. The van der Waals surface area contributed by atoms with Gasteiger partial charge in [0.15, 0.2) is 0 Å². The number of nitrogens with zero attached hydrogens (tertiary/aromatic N) is 2. The molecule has 0 radical (unpaired) electrons. The van der Waals surface area contributed by atoms with Gasteiger partial charge in [-0.3, -0.25) is 34.3 Å². The van der Waals surface area contributed by atoms with Crippen LogP contribution in [0.15, 0.2) is 78.4 Å². The van der Waals surface area contributed by atoms with Crippen LogP contribution >= 0.6 is 11.6 Å². The van der Waals surface area contributed by atoms with Crippen molar-refractivity contribution in [2.24, 2.45) is 23.7 Å². The van der Waals surface area contributed by atoms with Gasteiger partial charge in [0.2, 0.25) is 11.8 Å². The predicted octanol–water partition coefficient (Wildman–Crippen LogP) is 4.95. The number of carboxylic acid groups (broad SMARTS) is 1. The van der Waals surface area contributed by atoms with E-state index in [1.807, 2.05) is 6.08 Å². The Hall–Kier alpha value is -5.03. The lowest BCUT2D eigenvalue weighted by Crippen LogP contribution is -2.53. The summed E-state index contributed by atoms with van der Waals surface area (Å²) in [6.45, 7) is 1.45. The van der Waals surface area contributed by atoms with E-state index in [0.29, 0.717) is 33.0 Å². The van der Waals surface area contributed by atoms with Gasteiger partial charge >= 0.3 is 5.97 Å². The molecule has 4 aliphatic rings. The van der Waals surface area contributed by atoms with Crippen molar-refractivity contribution in [1.29, 1.82) is 0 Å². The number of fused-ring (bicyclic) bond motifs is 4. The lowest BCUT2D eigenvalue weighted by atomic mass is 9.49. The number of amides is 4. The predicted molar refractivity (Wildman–Crippen MR) is 171 cm³/mol. The average molecular weight is 672 g/mol. The minimum Gasteiger partial charge on any atom is -0.507 e. The number of carbonyl (C=O) groups excluding carboxylic acids is 4. The average Bonchev–Trinajstić information content (AvgIpc) is 3.43. The van der Waals surface area contributed by atoms with Crippen molar-refractivity contribution in [2.75, 3.05) is 12.0 Å². The Morgan fingerprint density at radius 2 is 1.69 bits per heavy atom. The van der Waals surface area contributed by atoms with Crippen molar-refractivity contribution in [3.05, 3.63) is 106 Å². The third-order valence-corrected chi connectivity index (χ3v) is 10.7. The number of phenolic OH excluding ortho intramolecular Hbond substituents is 1. The fourth-order valence-corrected chi connectivity index (χ4v) is 8.53. The number of hydrogen-bond acceptors (Lipinski definition) is 7. The molecule has 2 aliphatic carbocycles. The van der Waals surface area contributed by atoms with Crippen molar-refractivity contribution in [2.45, 2.75) is 37.5 Å². The first-order valence-corrected chi connectivity index (χ1v) is 16.0. The summed E-state index contributed by atoms with van der Waals surface area (Å²) >= 11 is 6.30. The number of para-hydroxylation sites is 1. The van der Waals surface area contributed by atoms with Gasteiger partial charge in [0.25, 0.3) is 11.8 Å². The third kappa shape index (κ3) is 4.62. The molecular formula is C36H31ClFN3O7. The number of allylic oxidation sites excluding steroid dienone is 2. The molecule has 3 aromatic carbocycles. The number of rotatable bonds is 7. The molecule has 0 spiro atoms. The lowest BCUT2D eigenvalue weighted by Gasteiger charge is -2.50. The number of anilines is 1. The number of halogens is 2. The van der Waals surface area contributed by atoms with Gasteiger partial charge in [0.05, 0.1) is 35.3 Å². The van der Waals surface area contributed by atoms with Crippen LogP contribution in [0.1, 0.15) is 41.9 Å². The smallest absolute Gasteiger partial charge is 0.305 e. The fourth-order valence-electron chi connectivity index (χ4n) is 8.41. The fraction of sp³-hybridized carbons (Fsp3) is 0.306. The molecule has 2 saturated heterocycles. The zero-order valence-corrected chi connectivity index (χ0v) is 26.5. The van der Waals surface area contributed by atoms with Gasteiger partial charge in [-0.1, -0.05) is 53.6 Å². The molecule has 3 N–H and O–H groups in total. The number of nitrogens with one attached hydrogen (secondary N) is 1. The number of aryl methyl sites for hydroxylation is 1. The van der Waals surface area contributed by atoms with Gasteiger partial charge in [0.1, 0.15) is 11.6 Å². The number of imide groups is 2. The van der Waals surface area contributed by atoms with Gasteiger partial charge in [-0.25, -0.2) is 4.39 Å². The second-order valence-corrected chi connectivity index (χ2v) is 13.3. The first-order chi connectivity index (χ1) is 22.9. The molecule has 0 bridgehead atoms. The van der Waals surface area contributed by atoms with Crippen LogP contribution in [-0.4, -0.2) is 56.3 Å². The van der Waals surface area contributed by atoms with Crippen LogP contribution in [0.5, 0.6) is 5.75 Å². The summed E-state index contributed by atoms with van der Waals surface area (Å²) in [5, 5.41) is 22.2. The molecule has 10 nitrogen and oxygen atoms in total. The van der Waals surface area contributed by atoms with E-state index in [1.165, 1.54) is 24.3 Å². The number of aliphatic carboxylic acids is 1. The quantitative estimate of drug-likeness (QED) is 0.236. The molecule has 2 aliphatic heterocycles. The lowest BCUT2D eigenvalue weighted by molar-refractivity contribution is -0.143. The summed E-state index contributed by atoms with van der Waals surface area (Å²) in [4.78, 5) is 69.4. The highest BCUT2D eigenvalue weighted by molar-refractivity contribution is 6.30. The number of phenols is 1. The number of hydrazine groups is 1. The van der Waals surface area contributed by atoms with E-state index in [-0.39, 0.29) is 25.1 Å². The van der Waals surface area contributed by atoms with E-state index >= 15 is 4.79 Å². The van der Waals surface area contributed by atoms with Crippen LogP contribution in [-0.2, 0) is 29.4 Å². The second kappa shape index (κ2) is 11.6. The van der Waals surface area contributed by atoms with Crippen LogP contribution in [0.25, 0.3) is 0 Å². The van der Waals surface area contributed by atoms with Crippen molar-refractivity contribution < 1.29 is 38.6 Å². The Morgan fingerprint density at radius 3 is 2.38 bits per heavy atom. The highest BCUT2D eigenvalue weighted by atomic mass is 35.5. The molecule has 1 saturated carbocycles. The Kier molecular flexibility index (Phi) is 7.62. The molecule has 246 valence electrons. The maximum absolute atomic E-state index is 15.1. The molecule has 0 unspecified atom stereocenters. The Bertz CT molecular complexity index is 1910. The second-order valence-electron chi connectivity index (χ2n) is 12.9. The van der Waals surface area contributed by atoms with Crippen LogP contribution in [0.4, 0.5) is 10.1 Å². The van der Waals surface area contributed by atoms with Crippen LogP contribution in [0.2, 0.25) is 5.02 Å². The molecule has 3 fully saturated rings. The summed E-state index contributed by atoms with van der Waals surface area (Å²) in [6.07, 6.45) is 1.64. The number of aromatic hydroxyl groups is 1. The molecule has 2 heterocycles. The summed E-state index contributed by atoms with van der Waals surface area (Å²) < 4.78 is 13.8. The van der Waals surface area contributed by atoms with Gasteiger partial charge in [0, 0.05) is 23.0 Å². The zero-order valence-electron chi connectivity index (χ0n) is 25.7. The van der Waals surface area contributed by atoms with E-state index in [0.717, 1.165) is 9.91 Å². The highest BCUT2D eigenvalue weighted by Crippen LogP contribution is 2.65. The maximum Gasteiger partial charge on any atom is 0.305 e. The van der Waals surface area contributed by atoms with E-state index in [1.54, 1.807) is 49.4 Å². The number of likely N-dealkylation sites (tertiary alicyclic amines) is 1. The van der Waals surface area contributed by atoms with Gasteiger partial charge in [-0.2, -0.15) is 5.01 Å². The zero-order chi connectivity index (χ0) is 34.1. The van der Waals surface area contributed by atoms with E-state index in [9.17, 15) is 33.8 Å². The molecule has 7 rings (SSSR count). The minimum absolute atomic E-state index is 0.0245. The van der Waals surface area contributed by atoms with Crippen molar-refractivity contribution in [1.82, 2.24) is 9.91 Å². The number of carbonyl (C=O) groups is 5. The molecule has 3 aromatic rings. The van der Waals surface area contributed by atoms with Gasteiger partial charge in [-0.15, -0.1) is 0 Å². The number of carboxylic acids is 1. The first kappa shape index (κ1) is 31.6. The first-order valence-electron chi connectivity index (χ1n) is 15.7. The van der Waals surface area contributed by atoms with E-state index < -0.39 is 76.8 Å². The molecular weight excluding hydrogens is 641 g/mol. The number of benzene rings is 3. The molecule has 48 heavy (non-hydrogen) atoms. The largest absolute Gasteiger partial charge is 0.507 e. The Balaban J connectivity index is 1.44. The summed E-state index contributed by atoms with van der Waals surface area (Å²) in [6, 6.07) is 17.0. The van der Waals surface area contributed by atoms with Gasteiger partial charge < -0.3 is 10.2 Å². The normalized spacial score (nSPS) is 27.8. The summed E-state index contributed by atoms with van der Waals surface area (Å²) in [5.41, 5.74) is 3.60. The molecule has 6 atom stereocenters. The van der Waals surface area contributed by atoms with Crippen LogP contribution in [0.3, 0.4) is 0 Å². The van der Waals surface area contributed by atoms with Crippen molar-refractivity contribution in [3.8, 4) is 5.75 Å². The van der Waals surface area contributed by atoms with Gasteiger partial charge in [-0.05, 0) is 73.2 Å². The monoisotopic (exact) mass is 671 g/mol. The Morgan fingerprint density at radius 1 is 0.979 bits per heavy atom. The summed E-state index contributed by atoms with van der Waals surface area (Å²) in [5.74, 6) is -8.20. The Labute approximate surface area is 279 Å². The van der Waals surface area contributed by atoms with Crippen LogP contribution < -0.4 is 5.43 Å². The minimum atomic E-state index is -1.62. The third-order valence-electron chi connectivity index (χ3n) is 10.5. The SMILES string of the molecule is Cc1cccc([C@H]2C3=CC[C@@H]4C(=O)N(CCC(=O)O)C(=O)[C@@H]4[C@@H]3C[C@H]3C(=O)N(Nc4ccc(F)cc4)C(=O)[C@@]23c2ccc(Cl)cc2)c1O. The molecule has 12 heteroatoms. The summed E-state index contributed by atoms with van der Waals surface area (Å²) in [7, 11) is 0. The van der Waals surface area contributed by atoms with Crippen LogP contribution in [0, 0.1) is 36.4 Å².